The van der Waals surface area contributed by atoms with Gasteiger partial charge in [0.1, 0.15) is 12.4 Å². The number of aryl methyl sites for hydroxylation is 1. The lowest BCUT2D eigenvalue weighted by atomic mass is 9.94. The number of piperidine rings is 1. The number of imidazole rings is 1. The Hall–Kier alpha value is -2.64. The number of hydrogen-bond acceptors (Lipinski definition) is 4. The van der Waals surface area contributed by atoms with Gasteiger partial charge in [0.15, 0.2) is 5.69 Å². The Balaban J connectivity index is 1.55. The van der Waals surface area contributed by atoms with Gasteiger partial charge in [0.05, 0.1) is 0 Å². The van der Waals surface area contributed by atoms with Crippen LogP contribution in [0.2, 0.25) is 0 Å². The van der Waals surface area contributed by atoms with Crippen LogP contribution in [0.25, 0.3) is 0 Å². The van der Waals surface area contributed by atoms with Crippen molar-refractivity contribution in [3.63, 3.8) is 0 Å². The number of fused-ring (bicyclic) bond motifs is 1. The summed E-state index contributed by atoms with van der Waals surface area (Å²) in [7, 11) is 1.93. The van der Waals surface area contributed by atoms with E-state index in [1.807, 2.05) is 16.6 Å². The largest absolute Gasteiger partial charge is 0.368 e. The van der Waals surface area contributed by atoms with E-state index in [0.29, 0.717) is 12.2 Å². The van der Waals surface area contributed by atoms with Gasteiger partial charge < -0.3 is 15.2 Å². The Morgan fingerprint density at radius 1 is 1.26 bits per heavy atom. The van der Waals surface area contributed by atoms with Gasteiger partial charge in [-0.1, -0.05) is 0 Å². The predicted octanol–water partition coefficient (Wildman–Crippen LogP) is 1.00. The maximum atomic E-state index is 13.2. The second kappa shape index (κ2) is 7.17. The third kappa shape index (κ3) is 3.36. The van der Waals surface area contributed by atoms with Crippen LogP contribution in [0.4, 0.5) is 0 Å². The molecule has 0 radical (unpaired) electrons. The SMILES string of the molecule is Cn1nc(C(=O)N2CCCC(c3nccn3CC(N)=O)C2)c2c1CCCC2. The lowest BCUT2D eigenvalue weighted by Gasteiger charge is -2.32. The third-order valence-electron chi connectivity index (χ3n) is 5.72. The van der Waals surface area contributed by atoms with Crippen molar-refractivity contribution in [2.45, 2.75) is 51.0 Å². The van der Waals surface area contributed by atoms with Gasteiger partial charge in [-0.2, -0.15) is 5.10 Å². The molecule has 1 fully saturated rings. The van der Waals surface area contributed by atoms with E-state index in [1.54, 1.807) is 17.0 Å². The van der Waals surface area contributed by atoms with Gasteiger partial charge in [-0.05, 0) is 38.5 Å². The van der Waals surface area contributed by atoms with E-state index in [4.69, 9.17) is 5.73 Å². The number of carbonyl (C=O) groups excluding carboxylic acids is 2. The number of primary amides is 1. The van der Waals surface area contributed by atoms with E-state index >= 15 is 0 Å². The van der Waals surface area contributed by atoms with Crippen LogP contribution in [0.15, 0.2) is 12.4 Å². The monoisotopic (exact) mass is 370 g/mol. The Bertz CT molecular complexity index is 868. The van der Waals surface area contributed by atoms with Gasteiger partial charge in [-0.3, -0.25) is 14.3 Å². The van der Waals surface area contributed by atoms with Gasteiger partial charge >= 0.3 is 0 Å². The number of amides is 2. The molecular formula is C19H26N6O2. The van der Waals surface area contributed by atoms with E-state index < -0.39 is 5.91 Å². The molecule has 27 heavy (non-hydrogen) atoms. The number of carbonyl (C=O) groups is 2. The standard InChI is InChI=1S/C19H26N6O2/c1-23-15-7-3-2-6-14(15)17(22-23)19(27)25-9-4-5-13(11-25)18-21-8-10-24(18)12-16(20)26/h8,10,13H,2-7,9,11-12H2,1H3,(H2,20,26). The highest BCUT2D eigenvalue weighted by atomic mass is 16.2. The Morgan fingerprint density at radius 3 is 2.89 bits per heavy atom. The van der Waals surface area contributed by atoms with Crippen molar-refractivity contribution in [1.29, 1.82) is 0 Å². The maximum absolute atomic E-state index is 13.2. The highest BCUT2D eigenvalue weighted by Gasteiger charge is 2.32. The minimum Gasteiger partial charge on any atom is -0.368 e. The fraction of sp³-hybridized carbons (Fsp3) is 0.579. The summed E-state index contributed by atoms with van der Waals surface area (Å²) in [5.41, 5.74) is 8.29. The molecule has 0 spiro atoms. The molecule has 144 valence electrons. The van der Waals surface area contributed by atoms with E-state index in [1.165, 1.54) is 5.69 Å². The lowest BCUT2D eigenvalue weighted by Crippen LogP contribution is -2.40. The van der Waals surface area contributed by atoms with Crippen LogP contribution in [-0.4, -0.2) is 49.1 Å². The highest BCUT2D eigenvalue weighted by Crippen LogP contribution is 2.29. The van der Waals surface area contributed by atoms with Crippen LogP contribution in [-0.2, 0) is 31.2 Å². The van der Waals surface area contributed by atoms with Gasteiger partial charge in [0.2, 0.25) is 5.91 Å². The third-order valence-corrected chi connectivity index (χ3v) is 5.72. The molecule has 0 bridgehead atoms. The number of nitrogens with two attached hydrogens (primary N) is 1. The zero-order valence-corrected chi connectivity index (χ0v) is 15.7. The van der Waals surface area contributed by atoms with Crippen molar-refractivity contribution >= 4 is 11.8 Å². The van der Waals surface area contributed by atoms with Crippen molar-refractivity contribution in [1.82, 2.24) is 24.2 Å². The van der Waals surface area contributed by atoms with Gasteiger partial charge in [-0.25, -0.2) is 4.98 Å². The first-order chi connectivity index (χ1) is 13.0. The zero-order chi connectivity index (χ0) is 19.0. The van der Waals surface area contributed by atoms with Crippen molar-refractivity contribution in [3.8, 4) is 0 Å². The second-order valence-electron chi connectivity index (χ2n) is 7.57. The quantitative estimate of drug-likeness (QED) is 0.868. The molecule has 8 heteroatoms. The summed E-state index contributed by atoms with van der Waals surface area (Å²) in [5, 5.41) is 4.56. The lowest BCUT2D eigenvalue weighted by molar-refractivity contribution is -0.118. The average molecular weight is 370 g/mol. The van der Waals surface area contributed by atoms with Crippen molar-refractivity contribution in [2.75, 3.05) is 13.1 Å². The molecule has 4 rings (SSSR count). The highest BCUT2D eigenvalue weighted by molar-refractivity contribution is 5.94. The number of nitrogens with zero attached hydrogens (tertiary/aromatic N) is 5. The molecule has 0 aromatic carbocycles. The minimum absolute atomic E-state index is 0.0199. The summed E-state index contributed by atoms with van der Waals surface area (Å²) in [6, 6.07) is 0. The zero-order valence-electron chi connectivity index (χ0n) is 15.7. The predicted molar refractivity (Wildman–Crippen MR) is 99.1 cm³/mol. The first-order valence-corrected chi connectivity index (χ1v) is 9.68. The van der Waals surface area contributed by atoms with Crippen LogP contribution in [0.3, 0.4) is 0 Å². The van der Waals surface area contributed by atoms with Crippen LogP contribution in [0, 0.1) is 0 Å². The summed E-state index contributed by atoms with van der Waals surface area (Å²) < 4.78 is 3.67. The van der Waals surface area contributed by atoms with E-state index in [0.717, 1.165) is 56.5 Å². The van der Waals surface area contributed by atoms with E-state index in [-0.39, 0.29) is 18.4 Å². The molecule has 8 nitrogen and oxygen atoms in total. The number of rotatable bonds is 4. The molecule has 1 aliphatic carbocycles. The summed E-state index contributed by atoms with van der Waals surface area (Å²) in [4.78, 5) is 30.8. The van der Waals surface area contributed by atoms with Crippen LogP contribution in [0.1, 0.15) is 59.2 Å². The van der Waals surface area contributed by atoms with Crippen molar-refractivity contribution in [3.05, 3.63) is 35.2 Å². The fourth-order valence-electron chi connectivity index (χ4n) is 4.45. The van der Waals surface area contributed by atoms with Gasteiger partial charge in [-0.15, -0.1) is 0 Å². The summed E-state index contributed by atoms with van der Waals surface area (Å²) in [6.07, 6.45) is 9.53. The molecule has 2 amide bonds. The molecule has 2 N–H and O–H groups in total. The summed E-state index contributed by atoms with van der Waals surface area (Å²) in [5.74, 6) is 0.565. The molecule has 2 aliphatic rings. The van der Waals surface area contributed by atoms with E-state index in [9.17, 15) is 9.59 Å². The van der Waals surface area contributed by atoms with Crippen LogP contribution in [0.5, 0.6) is 0 Å². The Morgan fingerprint density at radius 2 is 2.07 bits per heavy atom. The number of likely N-dealkylation sites (tertiary alicyclic amines) is 1. The molecule has 1 saturated heterocycles. The van der Waals surface area contributed by atoms with E-state index in [2.05, 4.69) is 10.1 Å². The Labute approximate surface area is 158 Å². The molecule has 0 saturated carbocycles. The molecule has 2 aromatic heterocycles. The second-order valence-corrected chi connectivity index (χ2v) is 7.57. The summed E-state index contributed by atoms with van der Waals surface area (Å²) >= 11 is 0. The maximum Gasteiger partial charge on any atom is 0.274 e. The van der Waals surface area contributed by atoms with Crippen LogP contribution < -0.4 is 5.73 Å². The van der Waals surface area contributed by atoms with Crippen LogP contribution >= 0.6 is 0 Å². The molecule has 2 aromatic rings. The van der Waals surface area contributed by atoms with Crippen molar-refractivity contribution < 1.29 is 9.59 Å². The summed E-state index contributed by atoms with van der Waals surface area (Å²) in [6.45, 7) is 1.45. The fourth-order valence-corrected chi connectivity index (χ4v) is 4.45. The topological polar surface area (TPSA) is 99.0 Å². The molecule has 1 aliphatic heterocycles. The molecule has 1 unspecified atom stereocenters. The normalized spacial score (nSPS) is 19.7. The van der Waals surface area contributed by atoms with Crippen molar-refractivity contribution in [2.24, 2.45) is 12.8 Å². The smallest absolute Gasteiger partial charge is 0.274 e. The van der Waals surface area contributed by atoms with Gasteiger partial charge in [0.25, 0.3) is 5.91 Å². The number of aromatic nitrogens is 4. The average Bonchev–Trinajstić information content (AvgIpc) is 3.26. The molecular weight excluding hydrogens is 344 g/mol. The number of hydrogen-bond donors (Lipinski definition) is 1. The van der Waals surface area contributed by atoms with Gasteiger partial charge in [0, 0.05) is 49.7 Å². The minimum atomic E-state index is -0.391. The first-order valence-electron chi connectivity index (χ1n) is 9.68. The first kappa shape index (κ1) is 17.8. The molecule has 1 atom stereocenters. The Kier molecular flexibility index (Phi) is 4.72. The molecule has 3 heterocycles.